The summed E-state index contributed by atoms with van der Waals surface area (Å²) in [6.07, 6.45) is 4.88. The number of hydrogen-bond donors (Lipinski definition) is 2. The van der Waals surface area contributed by atoms with Crippen molar-refractivity contribution in [1.82, 2.24) is 29.7 Å². The van der Waals surface area contributed by atoms with Gasteiger partial charge in [-0.05, 0) is 39.4 Å². The third-order valence-electron chi connectivity index (χ3n) is 6.77. The number of hydrogen-bond acceptors (Lipinski definition) is 10. The Kier molecular flexibility index (Phi) is 8.89. The molecule has 0 aromatic carbocycles. The smallest absolute Gasteiger partial charge is 0.412 e. The number of carbonyl (C=O) groups excluding carboxylic acids is 2. The quantitative estimate of drug-likeness (QED) is 0.505. The van der Waals surface area contributed by atoms with Crippen LogP contribution in [0.3, 0.4) is 0 Å². The van der Waals surface area contributed by atoms with Crippen LogP contribution in [0.4, 0.5) is 36.0 Å². The highest BCUT2D eigenvalue weighted by Crippen LogP contribution is 2.33. The number of aromatic nitrogens is 4. The zero-order valence-corrected chi connectivity index (χ0v) is 22.1. The van der Waals surface area contributed by atoms with E-state index in [1.54, 1.807) is 11.8 Å². The first-order valence-electron chi connectivity index (χ1n) is 12.7. The highest BCUT2D eigenvalue weighted by atomic mass is 19.3. The summed E-state index contributed by atoms with van der Waals surface area (Å²) in [4.78, 5) is 46.2. The first kappa shape index (κ1) is 28.1. The van der Waals surface area contributed by atoms with Crippen LogP contribution in [0.5, 0.6) is 5.88 Å². The lowest BCUT2D eigenvalue weighted by Gasteiger charge is -2.42. The number of rotatable bonds is 8. The SMILES string of the molecule is CCOc1cnc(NC(=O)N(C)C2CN(c3nccc(NC(=O)OCC4CCCN4C)n3)CCC2(F)F)cn1. The van der Waals surface area contributed by atoms with Gasteiger partial charge in [-0.3, -0.25) is 10.6 Å². The summed E-state index contributed by atoms with van der Waals surface area (Å²) >= 11 is 0. The van der Waals surface area contributed by atoms with Gasteiger partial charge in [0.25, 0.3) is 5.92 Å². The molecule has 0 radical (unpaired) electrons. The van der Waals surface area contributed by atoms with E-state index in [0.29, 0.717) is 6.61 Å². The van der Waals surface area contributed by atoms with Crippen LogP contribution in [0.1, 0.15) is 26.2 Å². The van der Waals surface area contributed by atoms with E-state index in [-0.39, 0.29) is 49.2 Å². The fraction of sp³-hybridized carbons (Fsp3) is 0.583. The molecule has 4 rings (SSSR count). The lowest BCUT2D eigenvalue weighted by Crippen LogP contribution is -2.60. The molecule has 13 nitrogen and oxygen atoms in total. The highest BCUT2D eigenvalue weighted by Gasteiger charge is 2.48. The number of carbonyl (C=O) groups is 2. The molecule has 2 N–H and O–H groups in total. The second-order valence-corrected chi connectivity index (χ2v) is 9.43. The van der Waals surface area contributed by atoms with Crippen molar-refractivity contribution < 1.29 is 27.8 Å². The fourth-order valence-corrected chi connectivity index (χ4v) is 4.49. The van der Waals surface area contributed by atoms with Crippen LogP contribution in [0, 0.1) is 0 Å². The number of likely N-dealkylation sites (tertiary alicyclic amines) is 1. The number of halogens is 2. The Bertz CT molecular complexity index is 1140. The first-order chi connectivity index (χ1) is 18.7. The molecule has 15 heteroatoms. The summed E-state index contributed by atoms with van der Waals surface area (Å²) in [5, 5.41) is 5.04. The molecular weight excluding hydrogens is 516 g/mol. The molecule has 2 unspecified atom stereocenters. The van der Waals surface area contributed by atoms with Crippen LogP contribution in [0.25, 0.3) is 0 Å². The molecule has 212 valence electrons. The molecule has 2 aliphatic rings. The average molecular weight is 550 g/mol. The zero-order valence-electron chi connectivity index (χ0n) is 22.1. The number of piperidine rings is 1. The van der Waals surface area contributed by atoms with E-state index in [1.165, 1.54) is 31.7 Å². The molecule has 0 aliphatic carbocycles. The molecule has 2 aromatic rings. The van der Waals surface area contributed by atoms with Gasteiger partial charge in [-0.1, -0.05) is 0 Å². The summed E-state index contributed by atoms with van der Waals surface area (Å²) in [6, 6.07) is -0.582. The number of anilines is 3. The molecule has 3 amide bonds. The number of nitrogens with zero attached hydrogens (tertiary/aromatic N) is 7. The van der Waals surface area contributed by atoms with Gasteiger partial charge in [-0.15, -0.1) is 0 Å². The summed E-state index contributed by atoms with van der Waals surface area (Å²) in [7, 11) is 3.27. The Morgan fingerprint density at radius 2 is 2.00 bits per heavy atom. The molecule has 2 saturated heterocycles. The molecule has 0 spiro atoms. The van der Waals surface area contributed by atoms with Crippen LogP contribution < -0.4 is 20.3 Å². The van der Waals surface area contributed by atoms with Gasteiger partial charge in [-0.25, -0.2) is 33.3 Å². The molecule has 4 heterocycles. The van der Waals surface area contributed by atoms with Crippen LogP contribution in [-0.4, -0.2) is 107 Å². The van der Waals surface area contributed by atoms with Crippen molar-refractivity contribution in [3.05, 3.63) is 24.7 Å². The van der Waals surface area contributed by atoms with E-state index >= 15 is 0 Å². The molecule has 2 aliphatic heterocycles. The van der Waals surface area contributed by atoms with Crippen LogP contribution in [0.2, 0.25) is 0 Å². The standard InChI is InChI=1S/C24H33F2N9O4/c1-4-38-20-13-28-19(12-29-20)31-22(36)34(3)17-14-35(11-8-24(17,25)26)21-27-9-7-18(30-21)32-23(37)39-15-16-6-5-10-33(16)2/h7,9,12-13,16-17H,4-6,8,10-11,14-15H2,1-3H3,(H,28,31,36)(H,27,30,32,37). The lowest BCUT2D eigenvalue weighted by molar-refractivity contribution is -0.0760. The van der Waals surface area contributed by atoms with E-state index in [9.17, 15) is 18.4 Å². The van der Waals surface area contributed by atoms with Gasteiger partial charge in [0.1, 0.15) is 18.5 Å². The summed E-state index contributed by atoms with van der Waals surface area (Å²) in [5.41, 5.74) is 0. The number of ether oxygens (including phenoxy) is 2. The normalized spacial score (nSPS) is 20.8. The highest BCUT2D eigenvalue weighted by molar-refractivity contribution is 5.88. The van der Waals surface area contributed by atoms with Crippen LogP contribution in [-0.2, 0) is 4.74 Å². The van der Waals surface area contributed by atoms with Crippen molar-refractivity contribution in [2.45, 2.75) is 44.2 Å². The summed E-state index contributed by atoms with van der Waals surface area (Å²) < 4.78 is 40.4. The molecule has 0 saturated carbocycles. The predicted molar refractivity (Wildman–Crippen MR) is 138 cm³/mol. The van der Waals surface area contributed by atoms with Crippen LogP contribution in [0.15, 0.2) is 24.7 Å². The number of urea groups is 1. The van der Waals surface area contributed by atoms with Gasteiger partial charge >= 0.3 is 12.1 Å². The first-order valence-corrected chi connectivity index (χ1v) is 12.7. The predicted octanol–water partition coefficient (Wildman–Crippen LogP) is 2.69. The van der Waals surface area contributed by atoms with E-state index < -0.39 is 30.5 Å². The molecule has 2 aromatic heterocycles. The number of nitrogens with one attached hydrogen (secondary N) is 2. The molecular formula is C24H33F2N9O4. The van der Waals surface area contributed by atoms with E-state index in [4.69, 9.17) is 9.47 Å². The second kappa shape index (κ2) is 12.3. The minimum atomic E-state index is -3.15. The second-order valence-electron chi connectivity index (χ2n) is 9.43. The van der Waals surface area contributed by atoms with E-state index in [2.05, 4.69) is 35.5 Å². The average Bonchev–Trinajstić information content (AvgIpc) is 3.33. The van der Waals surface area contributed by atoms with Gasteiger partial charge in [-0.2, -0.15) is 4.98 Å². The van der Waals surface area contributed by atoms with Gasteiger partial charge in [0.2, 0.25) is 11.8 Å². The van der Waals surface area contributed by atoms with Gasteiger partial charge in [0, 0.05) is 38.8 Å². The Balaban J connectivity index is 1.37. The van der Waals surface area contributed by atoms with Crippen molar-refractivity contribution in [2.24, 2.45) is 0 Å². The number of amides is 3. The maximum atomic E-state index is 14.9. The Labute approximate surface area is 224 Å². The minimum absolute atomic E-state index is 0.0365. The molecule has 2 atom stereocenters. The Morgan fingerprint density at radius 3 is 2.69 bits per heavy atom. The monoisotopic (exact) mass is 549 g/mol. The van der Waals surface area contributed by atoms with Gasteiger partial charge in [0.15, 0.2) is 5.82 Å². The van der Waals surface area contributed by atoms with E-state index in [0.717, 1.165) is 24.3 Å². The topological polar surface area (TPSA) is 138 Å². The summed E-state index contributed by atoms with van der Waals surface area (Å²) in [6.45, 7) is 3.16. The third kappa shape index (κ3) is 7.16. The van der Waals surface area contributed by atoms with Crippen molar-refractivity contribution in [3.63, 3.8) is 0 Å². The Morgan fingerprint density at radius 1 is 1.18 bits per heavy atom. The third-order valence-corrected chi connectivity index (χ3v) is 6.77. The lowest BCUT2D eigenvalue weighted by atomic mass is 10.00. The molecule has 39 heavy (non-hydrogen) atoms. The summed E-state index contributed by atoms with van der Waals surface area (Å²) in [5.74, 6) is -2.45. The van der Waals surface area contributed by atoms with Crippen LogP contribution >= 0.6 is 0 Å². The zero-order chi connectivity index (χ0) is 28.0. The fourth-order valence-electron chi connectivity index (χ4n) is 4.49. The van der Waals surface area contributed by atoms with Gasteiger partial charge < -0.3 is 24.2 Å². The van der Waals surface area contributed by atoms with Gasteiger partial charge in [0.05, 0.1) is 19.0 Å². The number of alkyl halides is 2. The maximum Gasteiger partial charge on any atom is 0.412 e. The van der Waals surface area contributed by atoms with E-state index in [1.807, 2.05) is 7.05 Å². The van der Waals surface area contributed by atoms with Crippen molar-refractivity contribution in [1.29, 1.82) is 0 Å². The molecule has 0 bridgehead atoms. The van der Waals surface area contributed by atoms with Crippen molar-refractivity contribution >= 4 is 29.7 Å². The van der Waals surface area contributed by atoms with Crippen molar-refractivity contribution in [2.75, 3.05) is 62.5 Å². The number of likely N-dealkylation sites (N-methyl/N-ethyl adjacent to an activating group) is 2. The van der Waals surface area contributed by atoms with Crippen molar-refractivity contribution in [3.8, 4) is 5.88 Å². The minimum Gasteiger partial charge on any atom is -0.477 e. The molecule has 2 fully saturated rings. The Hall–Kier alpha value is -3.88. The maximum absolute atomic E-state index is 14.9. The largest absolute Gasteiger partial charge is 0.477 e.